The Morgan fingerprint density at radius 1 is 0.955 bits per heavy atom. The number of rotatable bonds is 2. The smallest absolute Gasteiger partial charge is 0.375 e. The third-order valence-electron chi connectivity index (χ3n) is 3.08. The van der Waals surface area contributed by atoms with E-state index in [-0.39, 0.29) is 11.3 Å². The molecule has 0 amide bonds. The van der Waals surface area contributed by atoms with Gasteiger partial charge in [-0.3, -0.25) is 4.98 Å². The predicted molar refractivity (Wildman–Crippen MR) is 80.2 cm³/mol. The molecule has 0 aliphatic rings. The Morgan fingerprint density at radius 2 is 1.68 bits per heavy atom. The van der Waals surface area contributed by atoms with Crippen LogP contribution in [0, 0.1) is 0 Å². The average Bonchev–Trinajstić information content (AvgIpc) is 2.93. The number of nitrogens with zero attached hydrogens (tertiary/aromatic N) is 2. The van der Waals surface area contributed by atoms with E-state index in [1.165, 1.54) is 35.9 Å². The first-order valence-electron chi connectivity index (χ1n) is 6.30. The molecule has 0 aliphatic heterocycles. The highest BCUT2D eigenvalue weighted by molar-refractivity contribution is 7.18. The summed E-state index contributed by atoms with van der Waals surface area (Å²) in [6, 6.07) is 8.77. The minimum atomic E-state index is -4.45. The van der Waals surface area contributed by atoms with E-state index in [0.29, 0.717) is 15.6 Å². The second kappa shape index (κ2) is 5.42. The number of thiazole rings is 1. The maximum absolute atomic E-state index is 13.2. The number of hydrogen-bond donors (Lipinski definition) is 1. The lowest BCUT2D eigenvalue weighted by atomic mass is 9.99. The number of pyridine rings is 1. The van der Waals surface area contributed by atoms with E-state index < -0.39 is 11.7 Å². The van der Waals surface area contributed by atoms with Crippen LogP contribution in [-0.2, 0) is 6.18 Å². The lowest BCUT2D eigenvalue weighted by Crippen LogP contribution is -2.07. The Hall–Kier alpha value is -2.41. The molecule has 3 rings (SSSR count). The monoisotopic (exact) mass is 321 g/mol. The molecule has 7 heteroatoms. The molecule has 22 heavy (non-hydrogen) atoms. The van der Waals surface area contributed by atoms with Crippen molar-refractivity contribution < 1.29 is 13.2 Å². The van der Waals surface area contributed by atoms with Crippen LogP contribution in [0.5, 0.6) is 0 Å². The van der Waals surface area contributed by atoms with Crippen LogP contribution >= 0.6 is 11.3 Å². The first kappa shape index (κ1) is 14.5. The second-order valence-electron chi connectivity index (χ2n) is 4.51. The predicted octanol–water partition coefficient (Wildman–Crippen LogP) is 4.47. The van der Waals surface area contributed by atoms with Crippen LogP contribution in [0.1, 0.15) is 5.56 Å². The molecule has 0 aliphatic carbocycles. The summed E-state index contributed by atoms with van der Waals surface area (Å²) in [7, 11) is 0. The molecule has 0 unspecified atom stereocenters. The fourth-order valence-corrected chi connectivity index (χ4v) is 2.88. The third-order valence-corrected chi connectivity index (χ3v) is 3.94. The van der Waals surface area contributed by atoms with E-state index in [2.05, 4.69) is 9.97 Å². The normalized spacial score (nSPS) is 11.6. The molecule has 2 heterocycles. The Morgan fingerprint density at radius 3 is 2.36 bits per heavy atom. The topological polar surface area (TPSA) is 51.8 Å². The van der Waals surface area contributed by atoms with Gasteiger partial charge in [0.1, 0.15) is 0 Å². The molecule has 3 nitrogen and oxygen atoms in total. The van der Waals surface area contributed by atoms with Crippen LogP contribution in [-0.4, -0.2) is 9.97 Å². The summed E-state index contributed by atoms with van der Waals surface area (Å²) in [4.78, 5) is 8.77. The molecule has 1 aromatic carbocycles. The summed E-state index contributed by atoms with van der Waals surface area (Å²) in [5, 5.41) is 0.355. The van der Waals surface area contributed by atoms with Crippen molar-refractivity contribution in [3.63, 3.8) is 0 Å². The maximum atomic E-state index is 13.2. The molecule has 2 aromatic heterocycles. The van der Waals surface area contributed by atoms with Gasteiger partial charge in [0.25, 0.3) is 0 Å². The van der Waals surface area contributed by atoms with E-state index >= 15 is 0 Å². The van der Waals surface area contributed by atoms with E-state index in [0.717, 1.165) is 6.07 Å². The molecule has 0 saturated carbocycles. The minimum absolute atomic E-state index is 0.0394. The van der Waals surface area contributed by atoms with Crippen LogP contribution in [0.25, 0.3) is 21.7 Å². The summed E-state index contributed by atoms with van der Waals surface area (Å²) >= 11 is 1.21. The van der Waals surface area contributed by atoms with Gasteiger partial charge in [-0.05, 0) is 18.2 Å². The van der Waals surface area contributed by atoms with Crippen molar-refractivity contribution in [2.75, 3.05) is 5.73 Å². The fraction of sp³-hybridized carbons (Fsp3) is 0.0667. The summed E-state index contributed by atoms with van der Waals surface area (Å²) in [5.41, 5.74) is 5.78. The van der Waals surface area contributed by atoms with Gasteiger partial charge >= 0.3 is 6.18 Å². The number of nitrogen functional groups attached to an aromatic ring is 1. The molecule has 2 N–H and O–H groups in total. The molecule has 3 aromatic rings. The van der Waals surface area contributed by atoms with Crippen molar-refractivity contribution in [3.05, 3.63) is 54.4 Å². The van der Waals surface area contributed by atoms with Crippen molar-refractivity contribution in [1.29, 1.82) is 0 Å². The van der Waals surface area contributed by atoms with Gasteiger partial charge in [-0.15, -0.1) is 0 Å². The number of hydrogen-bond acceptors (Lipinski definition) is 4. The number of alkyl halides is 3. The average molecular weight is 321 g/mol. The highest BCUT2D eigenvalue weighted by Crippen LogP contribution is 2.40. The summed E-state index contributed by atoms with van der Waals surface area (Å²) in [6.45, 7) is 0. The van der Waals surface area contributed by atoms with Gasteiger partial charge in [0.15, 0.2) is 5.13 Å². The van der Waals surface area contributed by atoms with Gasteiger partial charge < -0.3 is 5.73 Å². The zero-order chi connectivity index (χ0) is 15.7. The zero-order valence-electron chi connectivity index (χ0n) is 11.1. The number of halogens is 3. The lowest BCUT2D eigenvalue weighted by molar-refractivity contribution is -0.137. The molecule has 0 fully saturated rings. The molecule has 0 spiro atoms. The zero-order valence-corrected chi connectivity index (χ0v) is 11.9. The van der Waals surface area contributed by atoms with Crippen LogP contribution in [0.15, 0.2) is 48.8 Å². The molecule has 0 radical (unpaired) electrons. The first-order valence-corrected chi connectivity index (χ1v) is 7.12. The van der Waals surface area contributed by atoms with Crippen molar-refractivity contribution in [2.24, 2.45) is 0 Å². The molecule has 112 valence electrons. The van der Waals surface area contributed by atoms with E-state index in [1.807, 2.05) is 0 Å². The van der Waals surface area contributed by atoms with Gasteiger partial charge in [-0.2, -0.15) is 13.2 Å². The highest BCUT2D eigenvalue weighted by atomic mass is 32.1. The van der Waals surface area contributed by atoms with Crippen LogP contribution in [0.3, 0.4) is 0 Å². The molecule has 0 atom stereocenters. The van der Waals surface area contributed by atoms with E-state index in [4.69, 9.17) is 5.73 Å². The summed E-state index contributed by atoms with van der Waals surface area (Å²) < 4.78 is 39.6. The van der Waals surface area contributed by atoms with Crippen molar-refractivity contribution >= 4 is 16.5 Å². The van der Waals surface area contributed by atoms with Crippen molar-refractivity contribution in [2.45, 2.75) is 6.18 Å². The van der Waals surface area contributed by atoms with Crippen LogP contribution < -0.4 is 5.73 Å². The van der Waals surface area contributed by atoms with Crippen molar-refractivity contribution in [3.8, 4) is 21.7 Å². The summed E-state index contributed by atoms with van der Waals surface area (Å²) in [6.07, 6.45) is -1.44. The van der Waals surface area contributed by atoms with Gasteiger partial charge in [0, 0.05) is 23.5 Å². The molecular formula is C15H10F3N3S. The highest BCUT2D eigenvalue weighted by Gasteiger charge is 2.34. The molecule has 0 saturated heterocycles. The minimum Gasteiger partial charge on any atom is -0.375 e. The van der Waals surface area contributed by atoms with Gasteiger partial charge in [0.05, 0.1) is 16.1 Å². The lowest BCUT2D eigenvalue weighted by Gasteiger charge is -2.14. The van der Waals surface area contributed by atoms with Crippen LogP contribution in [0.2, 0.25) is 0 Å². The first-order chi connectivity index (χ1) is 10.5. The molecular weight excluding hydrogens is 311 g/mol. The SMILES string of the molecule is Nc1ncc(-c2cccnc2-c2ccccc2C(F)(F)F)s1. The maximum Gasteiger partial charge on any atom is 0.417 e. The number of aromatic nitrogens is 2. The Bertz CT molecular complexity index is 812. The Kier molecular flexibility index (Phi) is 3.58. The largest absolute Gasteiger partial charge is 0.417 e. The van der Waals surface area contributed by atoms with Gasteiger partial charge in [0.2, 0.25) is 0 Å². The van der Waals surface area contributed by atoms with Gasteiger partial charge in [-0.1, -0.05) is 29.5 Å². The third kappa shape index (κ3) is 2.67. The number of anilines is 1. The second-order valence-corrected chi connectivity index (χ2v) is 5.57. The van der Waals surface area contributed by atoms with Gasteiger partial charge in [-0.25, -0.2) is 4.98 Å². The van der Waals surface area contributed by atoms with Crippen molar-refractivity contribution in [1.82, 2.24) is 9.97 Å². The summed E-state index contributed by atoms with van der Waals surface area (Å²) in [5.74, 6) is 0. The van der Waals surface area contributed by atoms with Crippen LogP contribution in [0.4, 0.5) is 18.3 Å². The Labute approximate surface area is 128 Å². The van der Waals surface area contributed by atoms with E-state index in [9.17, 15) is 13.2 Å². The standard InChI is InChI=1S/C15H10F3N3S/c16-15(17,18)11-6-2-1-4-9(11)13-10(5-3-7-20-13)12-8-21-14(19)22-12/h1-8H,(H2,19,21). The number of benzene rings is 1. The quantitative estimate of drug-likeness (QED) is 0.757. The fourth-order valence-electron chi connectivity index (χ4n) is 2.17. The Balaban J connectivity index is 2.23. The molecule has 0 bridgehead atoms. The number of nitrogens with two attached hydrogens (primary N) is 1. The van der Waals surface area contributed by atoms with E-state index in [1.54, 1.807) is 18.2 Å².